The van der Waals surface area contributed by atoms with E-state index in [9.17, 15) is 18.0 Å². The van der Waals surface area contributed by atoms with Crippen molar-refractivity contribution in [2.75, 3.05) is 5.75 Å². The van der Waals surface area contributed by atoms with E-state index in [1.54, 1.807) is 17.8 Å². The van der Waals surface area contributed by atoms with Crippen molar-refractivity contribution in [3.8, 4) is 0 Å². The molecule has 0 bridgehead atoms. The maximum atomic E-state index is 12.6. The van der Waals surface area contributed by atoms with E-state index in [-0.39, 0.29) is 12.5 Å². The molecule has 0 aliphatic heterocycles. The molecule has 0 aromatic heterocycles. The molecule has 0 aliphatic carbocycles. The second-order valence-electron chi connectivity index (χ2n) is 5.26. The topological polar surface area (TPSA) is 29.1 Å². The average Bonchev–Trinajstić information content (AvgIpc) is 2.57. The van der Waals surface area contributed by atoms with E-state index in [2.05, 4.69) is 5.32 Å². The van der Waals surface area contributed by atoms with Crippen LogP contribution in [0.15, 0.2) is 54.6 Å². The Balaban J connectivity index is 1.70. The lowest BCUT2D eigenvalue weighted by molar-refractivity contribution is -0.137. The first kappa shape index (κ1) is 18.4. The van der Waals surface area contributed by atoms with Crippen LogP contribution in [0.5, 0.6) is 0 Å². The minimum absolute atomic E-state index is 0.103. The molecule has 0 heterocycles. The maximum Gasteiger partial charge on any atom is 0.416 e. The second kappa shape index (κ2) is 8.78. The van der Waals surface area contributed by atoms with Gasteiger partial charge in [0.25, 0.3) is 0 Å². The Kier molecular flexibility index (Phi) is 6.73. The van der Waals surface area contributed by atoms with Crippen molar-refractivity contribution in [3.05, 3.63) is 71.3 Å². The average molecular weight is 353 g/mol. The number of thioether (sulfide) groups is 1. The lowest BCUT2D eigenvalue weighted by Gasteiger charge is -2.09. The van der Waals surface area contributed by atoms with Crippen molar-refractivity contribution in [1.82, 2.24) is 5.32 Å². The van der Waals surface area contributed by atoms with Crippen LogP contribution >= 0.6 is 11.8 Å². The molecule has 1 amide bonds. The van der Waals surface area contributed by atoms with E-state index in [0.717, 1.165) is 17.9 Å². The highest BCUT2D eigenvalue weighted by molar-refractivity contribution is 7.98. The van der Waals surface area contributed by atoms with E-state index >= 15 is 0 Å². The Labute approximate surface area is 143 Å². The van der Waals surface area contributed by atoms with Crippen molar-refractivity contribution < 1.29 is 18.0 Å². The van der Waals surface area contributed by atoms with E-state index in [1.165, 1.54) is 11.6 Å². The third kappa shape index (κ3) is 6.28. The van der Waals surface area contributed by atoms with Gasteiger partial charge in [-0.3, -0.25) is 4.79 Å². The Morgan fingerprint density at radius 1 is 1.00 bits per heavy atom. The van der Waals surface area contributed by atoms with E-state index in [1.807, 2.05) is 30.3 Å². The molecule has 0 radical (unpaired) electrons. The Hall–Kier alpha value is -1.95. The van der Waals surface area contributed by atoms with Crippen molar-refractivity contribution in [2.45, 2.75) is 24.9 Å². The molecule has 0 atom stereocenters. The molecule has 1 N–H and O–H groups in total. The van der Waals surface area contributed by atoms with Gasteiger partial charge in [-0.05, 0) is 23.3 Å². The van der Waals surface area contributed by atoms with Gasteiger partial charge < -0.3 is 5.32 Å². The number of nitrogens with one attached hydrogen (secondary N) is 1. The number of hydrogen-bond donors (Lipinski definition) is 1. The highest BCUT2D eigenvalue weighted by Gasteiger charge is 2.30. The number of carbonyl (C=O) groups is 1. The van der Waals surface area contributed by atoms with Crippen LogP contribution in [0.25, 0.3) is 0 Å². The quantitative estimate of drug-likeness (QED) is 0.735. The molecule has 2 nitrogen and oxygen atoms in total. The van der Waals surface area contributed by atoms with E-state index in [0.29, 0.717) is 17.7 Å². The largest absolute Gasteiger partial charge is 0.416 e. The predicted octanol–water partition coefficient (Wildman–Crippen LogP) is 4.65. The number of amides is 1. The van der Waals surface area contributed by atoms with Crippen molar-refractivity contribution in [1.29, 1.82) is 0 Å². The number of alkyl halides is 3. The molecule has 2 rings (SSSR count). The first-order valence-electron chi connectivity index (χ1n) is 7.49. The summed E-state index contributed by atoms with van der Waals surface area (Å²) in [5.74, 6) is 1.35. The molecule has 2 aromatic rings. The predicted molar refractivity (Wildman–Crippen MR) is 90.5 cm³/mol. The van der Waals surface area contributed by atoms with Gasteiger partial charge in [-0.1, -0.05) is 42.5 Å². The van der Waals surface area contributed by atoms with Gasteiger partial charge in [-0.2, -0.15) is 24.9 Å². The van der Waals surface area contributed by atoms with Gasteiger partial charge in [-0.25, -0.2) is 0 Å². The summed E-state index contributed by atoms with van der Waals surface area (Å²) in [4.78, 5) is 11.8. The molecule has 24 heavy (non-hydrogen) atoms. The lowest BCUT2D eigenvalue weighted by atomic mass is 10.1. The zero-order valence-electron chi connectivity index (χ0n) is 13.0. The minimum Gasteiger partial charge on any atom is -0.352 e. The molecule has 0 spiro atoms. The summed E-state index contributed by atoms with van der Waals surface area (Å²) in [6, 6.07) is 14.9. The molecule has 6 heteroatoms. The third-order valence-corrected chi connectivity index (χ3v) is 4.36. The lowest BCUT2D eigenvalue weighted by Crippen LogP contribution is -2.23. The zero-order valence-corrected chi connectivity index (χ0v) is 13.8. The third-order valence-electron chi connectivity index (χ3n) is 3.33. The van der Waals surface area contributed by atoms with Crippen LogP contribution in [0.4, 0.5) is 13.2 Å². The molecule has 0 fully saturated rings. The first-order valence-corrected chi connectivity index (χ1v) is 8.65. The summed E-state index contributed by atoms with van der Waals surface area (Å²) in [6.45, 7) is 0.103. The monoisotopic (exact) mass is 353 g/mol. The van der Waals surface area contributed by atoms with Gasteiger partial charge >= 0.3 is 6.18 Å². The van der Waals surface area contributed by atoms with Crippen LogP contribution in [-0.2, 0) is 23.3 Å². The Morgan fingerprint density at radius 2 is 1.71 bits per heavy atom. The van der Waals surface area contributed by atoms with Crippen LogP contribution in [0.2, 0.25) is 0 Å². The SMILES string of the molecule is O=C(CCSCc1ccccc1)NCc1cccc(C(F)(F)F)c1. The van der Waals surface area contributed by atoms with Gasteiger partial charge in [0.15, 0.2) is 0 Å². The number of rotatable bonds is 7. The van der Waals surface area contributed by atoms with Crippen LogP contribution in [0, 0.1) is 0 Å². The van der Waals surface area contributed by atoms with Crippen molar-refractivity contribution >= 4 is 17.7 Å². The number of hydrogen-bond acceptors (Lipinski definition) is 2. The smallest absolute Gasteiger partial charge is 0.352 e. The molecule has 0 saturated heterocycles. The highest BCUT2D eigenvalue weighted by Crippen LogP contribution is 2.29. The zero-order chi connectivity index (χ0) is 17.4. The standard InChI is InChI=1S/C18H18F3NOS/c19-18(20,21)16-8-4-7-15(11-16)12-22-17(23)9-10-24-13-14-5-2-1-3-6-14/h1-8,11H,9-10,12-13H2,(H,22,23). The summed E-state index contributed by atoms with van der Waals surface area (Å²) >= 11 is 1.65. The summed E-state index contributed by atoms with van der Waals surface area (Å²) in [7, 11) is 0. The van der Waals surface area contributed by atoms with E-state index < -0.39 is 11.7 Å². The minimum atomic E-state index is -4.37. The van der Waals surface area contributed by atoms with Crippen LogP contribution < -0.4 is 5.32 Å². The van der Waals surface area contributed by atoms with Crippen LogP contribution in [0.1, 0.15) is 23.1 Å². The molecule has 0 aliphatic rings. The number of carbonyl (C=O) groups excluding carboxylic acids is 1. The summed E-state index contributed by atoms with van der Waals surface area (Å²) in [5.41, 5.74) is 0.939. The first-order chi connectivity index (χ1) is 11.4. The highest BCUT2D eigenvalue weighted by atomic mass is 32.2. The van der Waals surface area contributed by atoms with Crippen LogP contribution in [0.3, 0.4) is 0 Å². The fraction of sp³-hybridized carbons (Fsp3) is 0.278. The van der Waals surface area contributed by atoms with Crippen LogP contribution in [-0.4, -0.2) is 11.7 Å². The van der Waals surface area contributed by atoms with Gasteiger partial charge in [0.05, 0.1) is 5.56 Å². The summed E-state index contributed by atoms with van der Waals surface area (Å²) in [6.07, 6.45) is -4.02. The fourth-order valence-corrected chi connectivity index (χ4v) is 2.98. The Bertz CT molecular complexity index is 659. The molecule has 128 valence electrons. The van der Waals surface area contributed by atoms with Gasteiger partial charge in [0.1, 0.15) is 0 Å². The van der Waals surface area contributed by atoms with Gasteiger partial charge in [-0.15, -0.1) is 0 Å². The molecular formula is C18H18F3NOS. The number of benzene rings is 2. The van der Waals surface area contributed by atoms with Crippen molar-refractivity contribution in [2.24, 2.45) is 0 Å². The summed E-state index contributed by atoms with van der Waals surface area (Å²) in [5, 5.41) is 2.66. The normalized spacial score (nSPS) is 11.3. The molecule has 0 unspecified atom stereocenters. The molecular weight excluding hydrogens is 335 g/mol. The van der Waals surface area contributed by atoms with Gasteiger partial charge in [0, 0.05) is 24.5 Å². The maximum absolute atomic E-state index is 12.6. The molecule has 0 saturated carbocycles. The second-order valence-corrected chi connectivity index (χ2v) is 6.37. The fourth-order valence-electron chi connectivity index (χ4n) is 2.08. The summed E-state index contributed by atoms with van der Waals surface area (Å²) < 4.78 is 37.9. The van der Waals surface area contributed by atoms with Crippen molar-refractivity contribution in [3.63, 3.8) is 0 Å². The molecule has 2 aromatic carbocycles. The van der Waals surface area contributed by atoms with E-state index in [4.69, 9.17) is 0 Å². The number of halogens is 3. The Morgan fingerprint density at radius 3 is 2.42 bits per heavy atom. The van der Waals surface area contributed by atoms with Gasteiger partial charge in [0.2, 0.25) is 5.91 Å².